The van der Waals surface area contributed by atoms with Gasteiger partial charge in [0.2, 0.25) is 0 Å². The Balaban J connectivity index is 1.80. The molecule has 1 unspecified atom stereocenters. The van der Waals surface area contributed by atoms with Crippen LogP contribution in [0, 0.1) is 0 Å². The third-order valence-corrected chi connectivity index (χ3v) is 4.42. The molecule has 2 heterocycles. The molecule has 0 bridgehead atoms. The van der Waals surface area contributed by atoms with Crippen molar-refractivity contribution in [3.05, 3.63) is 36.0 Å². The lowest BCUT2D eigenvalue weighted by molar-refractivity contribution is 0.0602. The summed E-state index contributed by atoms with van der Waals surface area (Å²) in [7, 11) is 1.97. The minimum atomic E-state index is 0.173. The highest BCUT2D eigenvalue weighted by atomic mass is 16.2. The van der Waals surface area contributed by atoms with Crippen LogP contribution in [0.1, 0.15) is 36.0 Å². The molecule has 0 spiro atoms. The molecular weight excluding hydrogens is 262 g/mol. The van der Waals surface area contributed by atoms with Crippen LogP contribution in [0.15, 0.2) is 30.5 Å². The Morgan fingerprint density at radius 2 is 2.29 bits per heavy atom. The summed E-state index contributed by atoms with van der Waals surface area (Å²) in [6.45, 7) is 1.85. The summed E-state index contributed by atoms with van der Waals surface area (Å²) < 4.78 is 0. The predicted molar refractivity (Wildman–Crippen MR) is 85.5 cm³/mol. The largest absolute Gasteiger partial charge is 0.361 e. The second-order valence-electron chi connectivity index (χ2n) is 5.82. The number of rotatable bonds is 4. The molecule has 112 valence electrons. The van der Waals surface area contributed by atoms with Gasteiger partial charge < -0.3 is 15.2 Å². The normalized spacial score (nSPS) is 19.1. The van der Waals surface area contributed by atoms with Crippen LogP contribution in [-0.2, 0) is 0 Å². The van der Waals surface area contributed by atoms with Crippen molar-refractivity contribution in [1.82, 2.24) is 15.2 Å². The fourth-order valence-corrected chi connectivity index (χ4v) is 3.23. The summed E-state index contributed by atoms with van der Waals surface area (Å²) in [4.78, 5) is 18.1. The monoisotopic (exact) mass is 285 g/mol. The number of carbonyl (C=O) groups is 1. The van der Waals surface area contributed by atoms with Gasteiger partial charge in [0.15, 0.2) is 0 Å². The SMILES string of the molecule is CNCCC1CCCCN1C(=O)c1ccc2cc[nH]c2c1. The number of piperidine rings is 1. The van der Waals surface area contributed by atoms with Gasteiger partial charge in [0.05, 0.1) is 0 Å². The van der Waals surface area contributed by atoms with E-state index in [1.165, 1.54) is 6.42 Å². The van der Waals surface area contributed by atoms with Crippen molar-refractivity contribution in [2.24, 2.45) is 0 Å². The maximum absolute atomic E-state index is 12.8. The molecule has 3 rings (SSSR count). The third-order valence-electron chi connectivity index (χ3n) is 4.42. The van der Waals surface area contributed by atoms with Crippen molar-refractivity contribution in [1.29, 1.82) is 0 Å². The number of aromatic amines is 1. The Morgan fingerprint density at radius 3 is 3.14 bits per heavy atom. The number of H-pyrrole nitrogens is 1. The molecule has 1 atom stereocenters. The summed E-state index contributed by atoms with van der Waals surface area (Å²) in [5.74, 6) is 0.173. The number of nitrogens with one attached hydrogen (secondary N) is 2. The summed E-state index contributed by atoms with van der Waals surface area (Å²) in [6.07, 6.45) is 6.42. The van der Waals surface area contributed by atoms with Crippen LogP contribution >= 0.6 is 0 Å². The number of benzene rings is 1. The van der Waals surface area contributed by atoms with Crippen LogP contribution in [0.3, 0.4) is 0 Å². The number of nitrogens with zero attached hydrogens (tertiary/aromatic N) is 1. The molecule has 2 N–H and O–H groups in total. The topological polar surface area (TPSA) is 48.1 Å². The second kappa shape index (κ2) is 6.31. The first-order valence-corrected chi connectivity index (χ1v) is 7.82. The first-order chi connectivity index (χ1) is 10.3. The lowest BCUT2D eigenvalue weighted by atomic mass is 9.98. The molecule has 1 fully saturated rings. The van der Waals surface area contributed by atoms with Gasteiger partial charge >= 0.3 is 0 Å². The van der Waals surface area contributed by atoms with Crippen LogP contribution in [0.4, 0.5) is 0 Å². The molecule has 0 aliphatic carbocycles. The molecule has 1 aromatic heterocycles. The molecule has 4 nitrogen and oxygen atoms in total. The predicted octanol–water partition coefficient (Wildman–Crippen LogP) is 2.77. The third kappa shape index (κ3) is 2.95. The van der Waals surface area contributed by atoms with Crippen LogP contribution in [0.5, 0.6) is 0 Å². The summed E-state index contributed by atoms with van der Waals surface area (Å²) in [5.41, 5.74) is 1.82. The fraction of sp³-hybridized carbons (Fsp3) is 0.471. The Hall–Kier alpha value is -1.81. The standard InChI is InChI=1S/C17H23N3O/c1-18-9-8-15-4-2-3-11-20(15)17(21)14-6-5-13-7-10-19-16(13)12-14/h5-7,10,12,15,18-19H,2-4,8-9,11H2,1H3. The lowest BCUT2D eigenvalue weighted by Gasteiger charge is -2.36. The van der Waals surface area contributed by atoms with E-state index in [0.29, 0.717) is 6.04 Å². The second-order valence-corrected chi connectivity index (χ2v) is 5.82. The minimum Gasteiger partial charge on any atom is -0.361 e. The molecule has 1 saturated heterocycles. The first kappa shape index (κ1) is 14.1. The van der Waals surface area contributed by atoms with E-state index in [4.69, 9.17) is 0 Å². The van der Waals surface area contributed by atoms with Crippen molar-refractivity contribution in [2.75, 3.05) is 20.1 Å². The zero-order valence-corrected chi connectivity index (χ0v) is 12.6. The van der Waals surface area contributed by atoms with Gasteiger partial charge in [-0.15, -0.1) is 0 Å². The number of amides is 1. The van der Waals surface area contributed by atoms with Crippen LogP contribution in [-0.4, -0.2) is 42.0 Å². The molecule has 21 heavy (non-hydrogen) atoms. The van der Waals surface area contributed by atoms with Crippen molar-refractivity contribution in [3.8, 4) is 0 Å². The zero-order chi connectivity index (χ0) is 14.7. The van der Waals surface area contributed by atoms with Crippen molar-refractivity contribution < 1.29 is 4.79 Å². The van der Waals surface area contributed by atoms with Gasteiger partial charge in [-0.05, 0) is 62.9 Å². The Labute approximate surface area is 125 Å². The Bertz CT molecular complexity index is 619. The summed E-state index contributed by atoms with van der Waals surface area (Å²) in [5, 5.41) is 4.34. The molecule has 1 aliphatic rings. The minimum absolute atomic E-state index is 0.173. The highest BCUT2D eigenvalue weighted by Gasteiger charge is 2.27. The smallest absolute Gasteiger partial charge is 0.254 e. The molecule has 1 aromatic carbocycles. The average molecular weight is 285 g/mol. The number of carbonyl (C=O) groups excluding carboxylic acids is 1. The first-order valence-electron chi connectivity index (χ1n) is 7.82. The number of hydrogen-bond donors (Lipinski definition) is 2. The van der Waals surface area contributed by atoms with E-state index in [1.807, 2.05) is 37.5 Å². The van der Waals surface area contributed by atoms with E-state index in [0.717, 1.165) is 48.8 Å². The molecule has 1 amide bonds. The molecule has 0 radical (unpaired) electrons. The van der Waals surface area contributed by atoms with Crippen molar-refractivity contribution in [3.63, 3.8) is 0 Å². The van der Waals surface area contributed by atoms with E-state index < -0.39 is 0 Å². The average Bonchev–Trinajstić information content (AvgIpc) is 3.00. The van der Waals surface area contributed by atoms with E-state index in [1.54, 1.807) is 0 Å². The maximum atomic E-state index is 12.8. The number of hydrogen-bond acceptors (Lipinski definition) is 2. The van der Waals surface area contributed by atoms with Gasteiger partial charge in [-0.3, -0.25) is 4.79 Å². The quantitative estimate of drug-likeness (QED) is 0.907. The number of likely N-dealkylation sites (tertiary alicyclic amines) is 1. The zero-order valence-electron chi connectivity index (χ0n) is 12.6. The van der Waals surface area contributed by atoms with E-state index in [-0.39, 0.29) is 5.91 Å². The van der Waals surface area contributed by atoms with Crippen LogP contribution < -0.4 is 5.32 Å². The molecule has 1 aliphatic heterocycles. The van der Waals surface area contributed by atoms with Crippen LogP contribution in [0.2, 0.25) is 0 Å². The summed E-state index contributed by atoms with van der Waals surface area (Å²) in [6, 6.07) is 8.34. The highest BCUT2D eigenvalue weighted by Crippen LogP contribution is 2.23. The van der Waals surface area contributed by atoms with Crippen LogP contribution in [0.25, 0.3) is 10.9 Å². The summed E-state index contributed by atoms with van der Waals surface area (Å²) >= 11 is 0. The molecular formula is C17H23N3O. The van der Waals surface area contributed by atoms with Crippen molar-refractivity contribution in [2.45, 2.75) is 31.7 Å². The highest BCUT2D eigenvalue weighted by molar-refractivity contribution is 5.98. The van der Waals surface area contributed by atoms with Gasteiger partial charge in [0, 0.05) is 29.9 Å². The Kier molecular flexibility index (Phi) is 4.25. The van der Waals surface area contributed by atoms with Gasteiger partial charge in [0.1, 0.15) is 0 Å². The Morgan fingerprint density at radius 1 is 1.38 bits per heavy atom. The van der Waals surface area contributed by atoms with E-state index in [2.05, 4.69) is 15.2 Å². The fourth-order valence-electron chi connectivity index (χ4n) is 3.23. The van der Waals surface area contributed by atoms with Gasteiger partial charge in [0.25, 0.3) is 5.91 Å². The van der Waals surface area contributed by atoms with Crippen molar-refractivity contribution >= 4 is 16.8 Å². The molecule has 0 saturated carbocycles. The molecule has 2 aromatic rings. The number of fused-ring (bicyclic) bond motifs is 1. The van der Waals surface area contributed by atoms with Gasteiger partial charge in [-0.2, -0.15) is 0 Å². The van der Waals surface area contributed by atoms with Gasteiger partial charge in [-0.1, -0.05) is 6.07 Å². The van der Waals surface area contributed by atoms with Gasteiger partial charge in [-0.25, -0.2) is 0 Å². The number of aromatic nitrogens is 1. The lowest BCUT2D eigenvalue weighted by Crippen LogP contribution is -2.44. The van der Waals surface area contributed by atoms with E-state index in [9.17, 15) is 4.79 Å². The van der Waals surface area contributed by atoms with E-state index >= 15 is 0 Å². The molecule has 4 heteroatoms. The maximum Gasteiger partial charge on any atom is 0.254 e.